The van der Waals surface area contributed by atoms with Gasteiger partial charge in [0, 0.05) is 5.69 Å². The highest BCUT2D eigenvalue weighted by Crippen LogP contribution is 2.24. The van der Waals surface area contributed by atoms with E-state index >= 15 is 0 Å². The van der Waals surface area contributed by atoms with Gasteiger partial charge in [-0.2, -0.15) is 0 Å². The van der Waals surface area contributed by atoms with Crippen molar-refractivity contribution in [2.45, 2.75) is 32.2 Å². The van der Waals surface area contributed by atoms with Gasteiger partial charge in [0.1, 0.15) is 5.82 Å². The van der Waals surface area contributed by atoms with Crippen molar-refractivity contribution in [3.05, 3.63) is 42.0 Å². The molecular formula is C14H18N4. The standard InChI is InChI=1S/C14H18N4/c1-11-16-17-14(13-9-5-6-10-15-13)18(11)12-7-3-2-4-8-12/h2-4,7-8,13,15H,5-6,9-10H2,1H3. The molecule has 0 amide bonds. The van der Waals surface area contributed by atoms with Gasteiger partial charge in [-0.1, -0.05) is 24.6 Å². The Morgan fingerprint density at radius 1 is 1.17 bits per heavy atom. The number of hydrogen-bond donors (Lipinski definition) is 1. The lowest BCUT2D eigenvalue weighted by Crippen LogP contribution is -2.29. The van der Waals surface area contributed by atoms with Crippen molar-refractivity contribution < 1.29 is 0 Å². The molecule has 94 valence electrons. The van der Waals surface area contributed by atoms with Crippen molar-refractivity contribution in [3.8, 4) is 5.69 Å². The Morgan fingerprint density at radius 2 is 2.00 bits per heavy atom. The van der Waals surface area contributed by atoms with Gasteiger partial charge < -0.3 is 5.32 Å². The third-order valence-electron chi connectivity index (χ3n) is 3.49. The van der Waals surface area contributed by atoms with E-state index in [-0.39, 0.29) is 0 Å². The van der Waals surface area contributed by atoms with Crippen LogP contribution in [0.15, 0.2) is 30.3 Å². The number of benzene rings is 1. The van der Waals surface area contributed by atoms with E-state index in [4.69, 9.17) is 0 Å². The summed E-state index contributed by atoms with van der Waals surface area (Å²) in [4.78, 5) is 0. The van der Waals surface area contributed by atoms with Crippen LogP contribution in [0.25, 0.3) is 5.69 Å². The van der Waals surface area contributed by atoms with E-state index in [0.29, 0.717) is 6.04 Å². The Hall–Kier alpha value is -1.68. The van der Waals surface area contributed by atoms with Crippen LogP contribution >= 0.6 is 0 Å². The molecule has 18 heavy (non-hydrogen) atoms. The third-order valence-corrected chi connectivity index (χ3v) is 3.49. The van der Waals surface area contributed by atoms with Gasteiger partial charge in [0.15, 0.2) is 5.82 Å². The van der Waals surface area contributed by atoms with Gasteiger partial charge in [0.25, 0.3) is 0 Å². The number of hydrogen-bond acceptors (Lipinski definition) is 3. The van der Waals surface area contributed by atoms with Gasteiger partial charge in [-0.3, -0.25) is 4.57 Å². The summed E-state index contributed by atoms with van der Waals surface area (Å²) in [5.74, 6) is 1.99. The zero-order valence-electron chi connectivity index (χ0n) is 10.6. The molecule has 1 fully saturated rings. The molecule has 1 saturated heterocycles. The molecule has 1 aromatic heterocycles. The fraction of sp³-hybridized carbons (Fsp3) is 0.429. The predicted molar refractivity (Wildman–Crippen MR) is 70.7 cm³/mol. The summed E-state index contributed by atoms with van der Waals surface area (Å²) >= 11 is 0. The number of aromatic nitrogens is 3. The van der Waals surface area contributed by atoms with Crippen molar-refractivity contribution in [1.82, 2.24) is 20.1 Å². The summed E-state index contributed by atoms with van der Waals surface area (Å²) in [6, 6.07) is 10.7. The quantitative estimate of drug-likeness (QED) is 0.879. The Bertz CT molecular complexity index is 512. The molecule has 2 aromatic rings. The van der Waals surface area contributed by atoms with Gasteiger partial charge in [-0.25, -0.2) is 0 Å². The largest absolute Gasteiger partial charge is 0.307 e. The van der Waals surface area contributed by atoms with Crippen LogP contribution in [-0.4, -0.2) is 21.3 Å². The van der Waals surface area contributed by atoms with Gasteiger partial charge in [0.05, 0.1) is 6.04 Å². The molecular weight excluding hydrogens is 224 g/mol. The first-order valence-electron chi connectivity index (χ1n) is 6.57. The van der Waals surface area contributed by atoms with E-state index in [2.05, 4.69) is 32.2 Å². The van der Waals surface area contributed by atoms with Crippen LogP contribution in [0.1, 0.15) is 37.0 Å². The van der Waals surface area contributed by atoms with E-state index < -0.39 is 0 Å². The highest BCUT2D eigenvalue weighted by atomic mass is 15.3. The highest BCUT2D eigenvalue weighted by molar-refractivity contribution is 5.34. The number of nitrogens with one attached hydrogen (secondary N) is 1. The van der Waals surface area contributed by atoms with Crippen LogP contribution in [0.5, 0.6) is 0 Å². The Morgan fingerprint density at radius 3 is 2.72 bits per heavy atom. The van der Waals surface area contributed by atoms with E-state index in [1.807, 2.05) is 25.1 Å². The lowest BCUT2D eigenvalue weighted by molar-refractivity contribution is 0.393. The van der Waals surface area contributed by atoms with E-state index in [1.54, 1.807) is 0 Å². The van der Waals surface area contributed by atoms with E-state index in [9.17, 15) is 0 Å². The lowest BCUT2D eigenvalue weighted by Gasteiger charge is -2.23. The van der Waals surface area contributed by atoms with E-state index in [0.717, 1.165) is 30.3 Å². The summed E-state index contributed by atoms with van der Waals surface area (Å²) in [6.07, 6.45) is 3.66. The maximum atomic E-state index is 4.37. The minimum atomic E-state index is 0.333. The average Bonchev–Trinajstić information content (AvgIpc) is 2.83. The molecule has 0 saturated carbocycles. The molecule has 0 aliphatic carbocycles. The average molecular weight is 242 g/mol. The van der Waals surface area contributed by atoms with Crippen molar-refractivity contribution in [1.29, 1.82) is 0 Å². The Labute approximate surface area is 107 Å². The second-order valence-corrected chi connectivity index (χ2v) is 4.78. The molecule has 3 rings (SSSR count). The summed E-state index contributed by atoms with van der Waals surface area (Å²) < 4.78 is 2.16. The fourth-order valence-corrected chi connectivity index (χ4v) is 2.57. The highest BCUT2D eigenvalue weighted by Gasteiger charge is 2.22. The van der Waals surface area contributed by atoms with E-state index in [1.165, 1.54) is 12.8 Å². The zero-order chi connectivity index (χ0) is 12.4. The van der Waals surface area contributed by atoms with Crippen LogP contribution in [-0.2, 0) is 0 Å². The molecule has 0 radical (unpaired) electrons. The van der Waals surface area contributed by atoms with Gasteiger partial charge in [-0.15, -0.1) is 10.2 Å². The maximum Gasteiger partial charge on any atom is 0.154 e. The number of piperidine rings is 1. The molecule has 4 heteroatoms. The first-order valence-corrected chi connectivity index (χ1v) is 6.57. The first-order chi connectivity index (χ1) is 8.86. The molecule has 0 bridgehead atoms. The minimum absolute atomic E-state index is 0.333. The molecule has 1 N–H and O–H groups in total. The molecule has 4 nitrogen and oxygen atoms in total. The van der Waals surface area contributed by atoms with Crippen LogP contribution in [0.2, 0.25) is 0 Å². The second-order valence-electron chi connectivity index (χ2n) is 4.78. The second kappa shape index (κ2) is 4.90. The fourth-order valence-electron chi connectivity index (χ4n) is 2.57. The molecule has 2 heterocycles. The Kier molecular flexibility index (Phi) is 3.11. The van der Waals surface area contributed by atoms with Gasteiger partial charge >= 0.3 is 0 Å². The molecule has 1 unspecified atom stereocenters. The number of nitrogens with zero attached hydrogens (tertiary/aromatic N) is 3. The van der Waals surface area contributed by atoms with Crippen molar-refractivity contribution >= 4 is 0 Å². The minimum Gasteiger partial charge on any atom is -0.307 e. The summed E-state index contributed by atoms with van der Waals surface area (Å²) in [5, 5.41) is 12.1. The zero-order valence-corrected chi connectivity index (χ0v) is 10.6. The summed E-state index contributed by atoms with van der Waals surface area (Å²) in [7, 11) is 0. The molecule has 1 atom stereocenters. The van der Waals surface area contributed by atoms with Gasteiger partial charge in [0.2, 0.25) is 0 Å². The van der Waals surface area contributed by atoms with Crippen LogP contribution in [0.4, 0.5) is 0 Å². The number of para-hydroxylation sites is 1. The predicted octanol–water partition coefficient (Wildman–Crippen LogP) is 2.39. The van der Waals surface area contributed by atoms with Gasteiger partial charge in [-0.05, 0) is 38.4 Å². The SMILES string of the molecule is Cc1nnc(C2CCCCN2)n1-c1ccccc1. The molecule has 1 aliphatic heterocycles. The molecule has 1 aromatic carbocycles. The molecule has 0 spiro atoms. The van der Waals surface area contributed by atoms with Crippen LogP contribution in [0, 0.1) is 6.92 Å². The maximum absolute atomic E-state index is 4.37. The third kappa shape index (κ3) is 2.04. The summed E-state index contributed by atoms with van der Waals surface area (Å²) in [5.41, 5.74) is 1.14. The Balaban J connectivity index is 2.01. The van der Waals surface area contributed by atoms with Crippen molar-refractivity contribution in [3.63, 3.8) is 0 Å². The monoisotopic (exact) mass is 242 g/mol. The smallest absolute Gasteiger partial charge is 0.154 e. The molecule has 1 aliphatic rings. The normalized spacial score (nSPS) is 19.9. The first kappa shape index (κ1) is 11.4. The van der Waals surface area contributed by atoms with Crippen molar-refractivity contribution in [2.75, 3.05) is 6.54 Å². The van der Waals surface area contributed by atoms with Crippen molar-refractivity contribution in [2.24, 2.45) is 0 Å². The lowest BCUT2D eigenvalue weighted by atomic mass is 10.0. The summed E-state index contributed by atoms with van der Waals surface area (Å²) in [6.45, 7) is 3.08. The van der Waals surface area contributed by atoms with Crippen LogP contribution in [0.3, 0.4) is 0 Å². The number of rotatable bonds is 2. The van der Waals surface area contributed by atoms with Crippen LogP contribution < -0.4 is 5.32 Å². The number of aryl methyl sites for hydroxylation is 1. The topological polar surface area (TPSA) is 42.7 Å².